The van der Waals surface area contributed by atoms with Gasteiger partial charge in [-0.1, -0.05) is 24.3 Å². The molecular formula is C17H16FN3O2. The highest BCUT2D eigenvalue weighted by molar-refractivity contribution is 6.02. The van der Waals surface area contributed by atoms with Gasteiger partial charge in [0, 0.05) is 0 Å². The van der Waals surface area contributed by atoms with Crippen LogP contribution in [0.1, 0.15) is 28.8 Å². The number of benzene rings is 2. The molecule has 0 spiro atoms. The number of nitrogens with two attached hydrogens (primary N) is 1. The number of nitrogens with one attached hydrogen (secondary N) is 2. The van der Waals surface area contributed by atoms with Crippen LogP contribution in [0.2, 0.25) is 0 Å². The second kappa shape index (κ2) is 5.72. The number of amides is 3. The number of para-hydroxylation sites is 1. The van der Waals surface area contributed by atoms with E-state index < -0.39 is 17.5 Å². The average Bonchev–Trinajstić information content (AvgIpc) is 3.28. The van der Waals surface area contributed by atoms with Crippen molar-refractivity contribution in [1.82, 2.24) is 5.32 Å². The van der Waals surface area contributed by atoms with Gasteiger partial charge >= 0.3 is 6.03 Å². The van der Waals surface area contributed by atoms with Gasteiger partial charge in [-0.3, -0.25) is 4.79 Å². The van der Waals surface area contributed by atoms with E-state index in [1.54, 1.807) is 36.4 Å². The van der Waals surface area contributed by atoms with Gasteiger partial charge in [0.25, 0.3) is 5.91 Å². The Morgan fingerprint density at radius 1 is 1.04 bits per heavy atom. The van der Waals surface area contributed by atoms with Crippen LogP contribution in [0.3, 0.4) is 0 Å². The van der Waals surface area contributed by atoms with Gasteiger partial charge in [0.05, 0.1) is 16.8 Å². The van der Waals surface area contributed by atoms with Crippen LogP contribution in [0, 0.1) is 5.82 Å². The Hall–Kier alpha value is -2.89. The Balaban J connectivity index is 1.73. The van der Waals surface area contributed by atoms with Crippen LogP contribution in [-0.2, 0) is 5.54 Å². The first-order valence-electron chi connectivity index (χ1n) is 7.24. The van der Waals surface area contributed by atoms with Gasteiger partial charge in [-0.05, 0) is 42.7 Å². The van der Waals surface area contributed by atoms with Gasteiger partial charge in [-0.2, -0.15) is 0 Å². The molecule has 118 valence electrons. The molecule has 1 fully saturated rings. The summed E-state index contributed by atoms with van der Waals surface area (Å²) >= 11 is 0. The molecule has 3 rings (SSSR count). The van der Waals surface area contributed by atoms with E-state index in [0.29, 0.717) is 5.69 Å². The highest BCUT2D eigenvalue weighted by Crippen LogP contribution is 2.45. The Bertz CT molecular complexity index is 755. The zero-order valence-corrected chi connectivity index (χ0v) is 12.3. The fourth-order valence-electron chi connectivity index (χ4n) is 2.56. The van der Waals surface area contributed by atoms with Crippen LogP contribution in [0.5, 0.6) is 0 Å². The number of halogens is 1. The van der Waals surface area contributed by atoms with Crippen molar-refractivity contribution in [3.05, 3.63) is 65.5 Å². The number of hydrogen-bond donors (Lipinski definition) is 3. The molecule has 0 atom stereocenters. The molecule has 0 saturated heterocycles. The van der Waals surface area contributed by atoms with E-state index in [1.807, 2.05) is 0 Å². The summed E-state index contributed by atoms with van der Waals surface area (Å²) in [5, 5.41) is 5.54. The van der Waals surface area contributed by atoms with Gasteiger partial charge < -0.3 is 16.4 Å². The number of primary amides is 1. The monoisotopic (exact) mass is 313 g/mol. The van der Waals surface area contributed by atoms with Crippen molar-refractivity contribution in [2.75, 3.05) is 5.32 Å². The third-order valence-electron chi connectivity index (χ3n) is 3.94. The highest BCUT2D eigenvalue weighted by atomic mass is 19.1. The summed E-state index contributed by atoms with van der Waals surface area (Å²) in [7, 11) is 0. The van der Waals surface area contributed by atoms with E-state index >= 15 is 0 Å². The number of hydrogen-bond acceptors (Lipinski definition) is 2. The minimum absolute atomic E-state index is 0.245. The standard InChI is InChI=1S/C17H16FN3O2/c18-12-7-5-11(6-8-12)17(9-10-17)21-16(23)20-14-4-2-1-3-13(14)15(19)22/h1-8H,9-10H2,(H2,19,22)(H2,20,21,23). The van der Waals surface area contributed by atoms with Crippen LogP contribution in [-0.4, -0.2) is 11.9 Å². The molecule has 0 aliphatic heterocycles. The first-order valence-corrected chi connectivity index (χ1v) is 7.24. The van der Waals surface area contributed by atoms with Crippen LogP contribution in [0.15, 0.2) is 48.5 Å². The molecule has 0 radical (unpaired) electrons. The summed E-state index contributed by atoms with van der Waals surface area (Å²) in [4.78, 5) is 23.6. The molecule has 2 aromatic rings. The Kier molecular flexibility index (Phi) is 3.73. The summed E-state index contributed by atoms with van der Waals surface area (Å²) in [5.74, 6) is -0.926. The van der Waals surface area contributed by atoms with Crippen LogP contribution < -0.4 is 16.4 Å². The van der Waals surface area contributed by atoms with Crippen molar-refractivity contribution in [2.45, 2.75) is 18.4 Å². The number of rotatable bonds is 4. The van der Waals surface area contributed by atoms with Gasteiger partial charge in [0.15, 0.2) is 0 Å². The van der Waals surface area contributed by atoms with Gasteiger partial charge in [0.2, 0.25) is 0 Å². The largest absolute Gasteiger partial charge is 0.366 e. The zero-order chi connectivity index (χ0) is 16.4. The molecule has 1 aliphatic carbocycles. The maximum Gasteiger partial charge on any atom is 0.319 e. The van der Waals surface area contributed by atoms with Crippen molar-refractivity contribution in [2.24, 2.45) is 5.73 Å². The molecule has 5 nitrogen and oxygen atoms in total. The van der Waals surface area contributed by atoms with E-state index in [1.165, 1.54) is 12.1 Å². The fraction of sp³-hybridized carbons (Fsp3) is 0.176. The fourth-order valence-corrected chi connectivity index (χ4v) is 2.56. The smallest absolute Gasteiger partial charge is 0.319 e. The van der Waals surface area contributed by atoms with Crippen molar-refractivity contribution >= 4 is 17.6 Å². The molecule has 0 heterocycles. The highest BCUT2D eigenvalue weighted by Gasteiger charge is 2.45. The molecule has 0 aromatic heterocycles. The Morgan fingerprint density at radius 3 is 2.30 bits per heavy atom. The lowest BCUT2D eigenvalue weighted by Crippen LogP contribution is -2.38. The number of carbonyl (C=O) groups is 2. The Morgan fingerprint density at radius 2 is 1.70 bits per heavy atom. The van der Waals surface area contributed by atoms with E-state index in [4.69, 9.17) is 5.73 Å². The maximum atomic E-state index is 13.0. The van der Waals surface area contributed by atoms with Gasteiger partial charge in [-0.25, -0.2) is 9.18 Å². The van der Waals surface area contributed by atoms with Crippen molar-refractivity contribution in [3.8, 4) is 0 Å². The third kappa shape index (κ3) is 3.15. The topological polar surface area (TPSA) is 84.2 Å². The lowest BCUT2D eigenvalue weighted by molar-refractivity contribution is 0.100. The molecule has 1 aliphatic rings. The summed E-state index contributed by atoms with van der Waals surface area (Å²) in [6.07, 6.45) is 1.56. The second-order valence-corrected chi connectivity index (χ2v) is 5.58. The predicted molar refractivity (Wildman–Crippen MR) is 84.4 cm³/mol. The molecule has 4 N–H and O–H groups in total. The zero-order valence-electron chi connectivity index (χ0n) is 12.3. The summed E-state index contributed by atoms with van der Waals surface area (Å²) < 4.78 is 13.0. The van der Waals surface area contributed by atoms with Crippen molar-refractivity contribution in [1.29, 1.82) is 0 Å². The summed E-state index contributed by atoms with van der Waals surface area (Å²) in [5.41, 5.74) is 6.27. The molecule has 23 heavy (non-hydrogen) atoms. The molecule has 0 unspecified atom stereocenters. The van der Waals surface area contributed by atoms with Crippen molar-refractivity contribution < 1.29 is 14.0 Å². The second-order valence-electron chi connectivity index (χ2n) is 5.58. The van der Waals surface area contributed by atoms with Crippen LogP contribution in [0.25, 0.3) is 0 Å². The first-order chi connectivity index (χ1) is 11.0. The van der Waals surface area contributed by atoms with E-state index in [9.17, 15) is 14.0 Å². The Labute approximate surface area is 132 Å². The molecule has 6 heteroatoms. The number of carbonyl (C=O) groups excluding carboxylic acids is 2. The maximum absolute atomic E-state index is 13.0. The van der Waals surface area contributed by atoms with Crippen LogP contribution in [0.4, 0.5) is 14.9 Å². The normalized spacial score (nSPS) is 14.8. The summed E-state index contributed by atoms with van der Waals surface area (Å²) in [6.45, 7) is 0. The lowest BCUT2D eigenvalue weighted by atomic mass is 10.1. The van der Waals surface area contributed by atoms with Gasteiger partial charge in [-0.15, -0.1) is 0 Å². The number of urea groups is 1. The quantitative estimate of drug-likeness (QED) is 0.811. The van der Waals surface area contributed by atoms with Crippen molar-refractivity contribution in [3.63, 3.8) is 0 Å². The molecule has 3 amide bonds. The molecule has 1 saturated carbocycles. The van der Waals surface area contributed by atoms with Gasteiger partial charge in [0.1, 0.15) is 5.82 Å². The van der Waals surface area contributed by atoms with E-state index in [0.717, 1.165) is 18.4 Å². The minimum atomic E-state index is -0.611. The molecular weight excluding hydrogens is 297 g/mol. The molecule has 0 bridgehead atoms. The van der Waals surface area contributed by atoms with Crippen LogP contribution >= 0.6 is 0 Å². The molecule has 2 aromatic carbocycles. The number of anilines is 1. The lowest BCUT2D eigenvalue weighted by Gasteiger charge is -2.19. The third-order valence-corrected chi connectivity index (χ3v) is 3.94. The summed E-state index contributed by atoms with van der Waals surface area (Å²) in [6, 6.07) is 12.2. The van der Waals surface area contributed by atoms with E-state index in [-0.39, 0.29) is 11.4 Å². The average molecular weight is 313 g/mol. The van der Waals surface area contributed by atoms with E-state index in [2.05, 4.69) is 10.6 Å². The predicted octanol–water partition coefficient (Wildman–Crippen LogP) is 2.74. The first kappa shape index (κ1) is 15.0. The minimum Gasteiger partial charge on any atom is -0.366 e. The SMILES string of the molecule is NC(=O)c1ccccc1NC(=O)NC1(c2ccc(F)cc2)CC1.